The molecule has 0 bridgehead atoms. The Morgan fingerprint density at radius 2 is 2.13 bits per heavy atom. The summed E-state index contributed by atoms with van der Waals surface area (Å²) in [6.45, 7) is 0. The van der Waals surface area contributed by atoms with Crippen molar-refractivity contribution < 1.29 is 4.79 Å². The zero-order chi connectivity index (χ0) is 10.5. The van der Waals surface area contributed by atoms with Crippen molar-refractivity contribution in [3.05, 3.63) is 47.5 Å². The normalized spacial score (nSPS) is 10.7. The van der Waals surface area contributed by atoms with Gasteiger partial charge in [0, 0.05) is 11.1 Å². The lowest BCUT2D eigenvalue weighted by Crippen LogP contribution is -1.75. The van der Waals surface area contributed by atoms with Crippen molar-refractivity contribution in [1.82, 2.24) is 4.98 Å². The molecule has 0 N–H and O–H groups in total. The van der Waals surface area contributed by atoms with Gasteiger partial charge >= 0.3 is 0 Å². The molecule has 2 aromatic rings. The molecule has 2 rings (SSSR count). The van der Waals surface area contributed by atoms with E-state index in [-0.39, 0.29) is 0 Å². The number of thiophene rings is 1. The van der Waals surface area contributed by atoms with E-state index in [1.165, 1.54) is 6.08 Å². The zero-order valence-corrected chi connectivity index (χ0v) is 8.78. The summed E-state index contributed by atoms with van der Waals surface area (Å²) in [5.74, 6) is 0. The largest absolute Gasteiger partial charge is 0.299 e. The Labute approximate surface area is 91.9 Å². The Morgan fingerprint density at radius 3 is 2.87 bits per heavy atom. The van der Waals surface area contributed by atoms with Crippen LogP contribution in [0.5, 0.6) is 0 Å². The molecule has 0 aliphatic heterocycles. The number of allylic oxidation sites excluding steroid dienone is 1. The highest BCUT2D eigenvalue weighted by atomic mass is 32.1. The van der Waals surface area contributed by atoms with Crippen LogP contribution in [0.3, 0.4) is 0 Å². The maximum absolute atomic E-state index is 10.2. The monoisotopic (exact) mass is 215 g/mol. The van der Waals surface area contributed by atoms with Crippen LogP contribution in [-0.4, -0.2) is 11.3 Å². The van der Waals surface area contributed by atoms with Crippen molar-refractivity contribution in [3.63, 3.8) is 0 Å². The first-order valence-electron chi connectivity index (χ1n) is 4.53. The Hall–Kier alpha value is -1.74. The standard InChI is InChI=1S/C12H9NOS/c14-9-3-4-10-6-7-12(15-10)11-5-1-2-8-13-11/h1-9H. The van der Waals surface area contributed by atoms with Gasteiger partial charge in [0.25, 0.3) is 0 Å². The van der Waals surface area contributed by atoms with Gasteiger partial charge in [0.05, 0.1) is 10.6 Å². The van der Waals surface area contributed by atoms with Crippen LogP contribution in [0.15, 0.2) is 42.6 Å². The van der Waals surface area contributed by atoms with E-state index in [2.05, 4.69) is 4.98 Å². The molecule has 0 aliphatic carbocycles. The van der Waals surface area contributed by atoms with E-state index in [4.69, 9.17) is 0 Å². The summed E-state index contributed by atoms with van der Waals surface area (Å²) in [5, 5.41) is 0. The number of pyridine rings is 1. The van der Waals surface area contributed by atoms with Crippen LogP contribution in [0.25, 0.3) is 16.6 Å². The number of hydrogen-bond acceptors (Lipinski definition) is 3. The van der Waals surface area contributed by atoms with E-state index < -0.39 is 0 Å². The second-order valence-corrected chi connectivity index (χ2v) is 4.03. The van der Waals surface area contributed by atoms with E-state index in [0.29, 0.717) is 0 Å². The van der Waals surface area contributed by atoms with Gasteiger partial charge in [-0.25, -0.2) is 0 Å². The number of carbonyl (C=O) groups excluding carboxylic acids is 1. The van der Waals surface area contributed by atoms with Gasteiger partial charge in [0.15, 0.2) is 0 Å². The van der Waals surface area contributed by atoms with E-state index in [1.807, 2.05) is 30.3 Å². The highest BCUT2D eigenvalue weighted by Crippen LogP contribution is 2.26. The quantitative estimate of drug-likeness (QED) is 0.582. The fourth-order valence-corrected chi connectivity index (χ4v) is 2.12. The molecular weight excluding hydrogens is 206 g/mol. The molecule has 74 valence electrons. The number of hydrogen-bond donors (Lipinski definition) is 0. The predicted molar refractivity (Wildman–Crippen MR) is 62.6 cm³/mol. The minimum Gasteiger partial charge on any atom is -0.299 e. The lowest BCUT2D eigenvalue weighted by Gasteiger charge is -1.92. The summed E-state index contributed by atoms with van der Waals surface area (Å²) in [7, 11) is 0. The molecule has 0 unspecified atom stereocenters. The zero-order valence-electron chi connectivity index (χ0n) is 7.96. The van der Waals surface area contributed by atoms with Crippen molar-refractivity contribution >= 4 is 23.7 Å². The van der Waals surface area contributed by atoms with Gasteiger partial charge in [-0.15, -0.1) is 11.3 Å². The minimum atomic E-state index is 0.778. The van der Waals surface area contributed by atoms with Crippen LogP contribution in [0.1, 0.15) is 4.88 Å². The Kier molecular flexibility index (Phi) is 3.05. The highest BCUT2D eigenvalue weighted by molar-refractivity contribution is 7.16. The third kappa shape index (κ3) is 2.39. The fraction of sp³-hybridized carbons (Fsp3) is 0. The van der Waals surface area contributed by atoms with Gasteiger partial charge in [-0.05, 0) is 36.4 Å². The number of nitrogens with zero attached hydrogens (tertiary/aromatic N) is 1. The summed E-state index contributed by atoms with van der Waals surface area (Å²) in [4.78, 5) is 16.6. The predicted octanol–water partition coefficient (Wildman–Crippen LogP) is 3.02. The average molecular weight is 215 g/mol. The van der Waals surface area contributed by atoms with Gasteiger partial charge in [-0.2, -0.15) is 0 Å². The molecule has 0 fully saturated rings. The second kappa shape index (κ2) is 4.66. The van der Waals surface area contributed by atoms with E-state index in [1.54, 1.807) is 23.6 Å². The van der Waals surface area contributed by atoms with E-state index >= 15 is 0 Å². The van der Waals surface area contributed by atoms with Crippen molar-refractivity contribution in [2.24, 2.45) is 0 Å². The first kappa shape index (κ1) is 9.80. The number of carbonyl (C=O) groups is 1. The Balaban J connectivity index is 2.28. The molecule has 0 aromatic carbocycles. The first-order valence-corrected chi connectivity index (χ1v) is 5.35. The van der Waals surface area contributed by atoms with Crippen LogP contribution in [0.2, 0.25) is 0 Å². The molecule has 0 atom stereocenters. The topological polar surface area (TPSA) is 30.0 Å². The van der Waals surface area contributed by atoms with Gasteiger partial charge in [-0.3, -0.25) is 9.78 Å². The molecule has 15 heavy (non-hydrogen) atoms. The van der Waals surface area contributed by atoms with Crippen molar-refractivity contribution in [2.75, 3.05) is 0 Å². The van der Waals surface area contributed by atoms with Crippen LogP contribution in [-0.2, 0) is 4.79 Å². The van der Waals surface area contributed by atoms with Crippen LogP contribution in [0.4, 0.5) is 0 Å². The summed E-state index contributed by atoms with van der Waals surface area (Å²) in [5.41, 5.74) is 0.966. The number of aldehydes is 1. The Bertz CT molecular complexity index is 473. The maximum Gasteiger partial charge on any atom is 0.142 e. The average Bonchev–Trinajstić information content (AvgIpc) is 2.76. The van der Waals surface area contributed by atoms with Crippen molar-refractivity contribution in [1.29, 1.82) is 0 Å². The molecule has 0 radical (unpaired) electrons. The molecule has 2 nitrogen and oxygen atoms in total. The van der Waals surface area contributed by atoms with Gasteiger partial charge < -0.3 is 0 Å². The Morgan fingerprint density at radius 1 is 1.20 bits per heavy atom. The lowest BCUT2D eigenvalue weighted by atomic mass is 10.3. The molecule has 0 saturated carbocycles. The third-order valence-corrected chi connectivity index (χ3v) is 2.96. The molecule has 0 aliphatic rings. The van der Waals surface area contributed by atoms with Gasteiger partial charge in [-0.1, -0.05) is 6.07 Å². The molecule has 2 aromatic heterocycles. The minimum absolute atomic E-state index is 0.778. The summed E-state index contributed by atoms with van der Waals surface area (Å²) < 4.78 is 0. The van der Waals surface area contributed by atoms with Gasteiger partial charge in [0.1, 0.15) is 6.29 Å². The van der Waals surface area contributed by atoms with Crippen LogP contribution >= 0.6 is 11.3 Å². The lowest BCUT2D eigenvalue weighted by molar-refractivity contribution is -0.104. The molecule has 0 amide bonds. The van der Waals surface area contributed by atoms with Crippen LogP contribution in [0, 0.1) is 0 Å². The van der Waals surface area contributed by atoms with Crippen molar-refractivity contribution in [3.8, 4) is 10.6 Å². The molecule has 0 saturated heterocycles. The number of rotatable bonds is 3. The number of aromatic nitrogens is 1. The maximum atomic E-state index is 10.2. The second-order valence-electron chi connectivity index (χ2n) is 2.91. The van der Waals surface area contributed by atoms with E-state index in [0.717, 1.165) is 21.7 Å². The van der Waals surface area contributed by atoms with Gasteiger partial charge in [0.2, 0.25) is 0 Å². The molecular formula is C12H9NOS. The first-order chi connectivity index (χ1) is 7.40. The summed E-state index contributed by atoms with van der Waals surface area (Å²) >= 11 is 1.62. The molecule has 2 heterocycles. The smallest absolute Gasteiger partial charge is 0.142 e. The molecule has 3 heteroatoms. The van der Waals surface area contributed by atoms with Crippen molar-refractivity contribution in [2.45, 2.75) is 0 Å². The molecule has 0 spiro atoms. The fourth-order valence-electron chi connectivity index (χ4n) is 1.22. The highest BCUT2D eigenvalue weighted by Gasteiger charge is 2.00. The summed E-state index contributed by atoms with van der Waals surface area (Å²) in [6.07, 6.45) is 5.84. The van der Waals surface area contributed by atoms with Crippen LogP contribution < -0.4 is 0 Å². The third-order valence-electron chi connectivity index (χ3n) is 1.88. The summed E-state index contributed by atoms with van der Waals surface area (Å²) in [6, 6.07) is 9.82. The SMILES string of the molecule is O=CC=Cc1ccc(-c2ccccn2)s1. The van der Waals surface area contributed by atoms with E-state index in [9.17, 15) is 4.79 Å².